The molecule has 3 aliphatic rings. The van der Waals surface area contributed by atoms with Gasteiger partial charge in [0.2, 0.25) is 22.8 Å². The highest BCUT2D eigenvalue weighted by molar-refractivity contribution is 7.89. The number of rotatable bonds is 10. The van der Waals surface area contributed by atoms with Gasteiger partial charge in [-0.15, -0.1) is 0 Å². The van der Waals surface area contributed by atoms with Crippen molar-refractivity contribution in [1.29, 1.82) is 0 Å². The predicted octanol–water partition coefficient (Wildman–Crippen LogP) is 5.71. The Morgan fingerprint density at radius 3 is 2.31 bits per heavy atom. The van der Waals surface area contributed by atoms with Gasteiger partial charge in [0.15, 0.2) is 17.3 Å². The van der Waals surface area contributed by atoms with E-state index in [4.69, 9.17) is 19.4 Å². The second-order valence-electron chi connectivity index (χ2n) is 12.8. The minimum absolute atomic E-state index is 0.00762. The molecule has 0 unspecified atom stereocenters. The van der Waals surface area contributed by atoms with Crippen LogP contribution >= 0.6 is 0 Å². The number of nitrogens with zero attached hydrogens (tertiary/aromatic N) is 5. The van der Waals surface area contributed by atoms with Gasteiger partial charge in [-0.3, -0.25) is 9.69 Å². The Morgan fingerprint density at radius 1 is 0.863 bits per heavy atom. The number of anilines is 1. The van der Waals surface area contributed by atoms with Crippen LogP contribution in [-0.4, -0.2) is 78.9 Å². The van der Waals surface area contributed by atoms with E-state index >= 15 is 0 Å². The number of aromatic nitrogens is 2. The number of carbonyl (C=O) groups is 1. The third-order valence-electron chi connectivity index (χ3n) is 9.40. The number of Topliss-reactive ketones (excluding diaryl/α,β-unsaturated/α-hetero) is 1. The van der Waals surface area contributed by atoms with Crippen LogP contribution < -0.4 is 14.4 Å². The maximum atomic E-state index is 13.5. The molecule has 0 saturated carbocycles. The summed E-state index contributed by atoms with van der Waals surface area (Å²) in [5.41, 5.74) is 1.71. The van der Waals surface area contributed by atoms with Crippen LogP contribution in [0.15, 0.2) is 77.7 Å². The molecule has 2 fully saturated rings. The molecular weight excluding hydrogens is 690 g/mol. The summed E-state index contributed by atoms with van der Waals surface area (Å²) in [5, 5.41) is 0. The Labute approximate surface area is 292 Å². The van der Waals surface area contributed by atoms with Crippen LogP contribution in [0.5, 0.6) is 11.5 Å². The predicted molar refractivity (Wildman–Crippen MR) is 179 cm³/mol. The molecule has 0 amide bonds. The fraction of sp³-hybridized carbons (Fsp3) is 0.361. The van der Waals surface area contributed by atoms with Crippen LogP contribution in [0.2, 0.25) is 0 Å². The van der Waals surface area contributed by atoms with E-state index in [0.717, 1.165) is 41.3 Å². The number of carbonyl (C=O) groups excluding carboxylic acids is 1. The van der Waals surface area contributed by atoms with Gasteiger partial charge in [0.1, 0.15) is 5.82 Å². The SMILES string of the molecule is O=C(CCc1cc(-c2ccc(C(F)(F)F)cc2)nc(N2CCN(Cc3ccc4c(c3)OCO4)CC2)n1)[C@@H]1CCCN1S(=O)(=O)c1ccc(F)cc1. The van der Waals surface area contributed by atoms with Crippen molar-refractivity contribution in [2.24, 2.45) is 0 Å². The summed E-state index contributed by atoms with van der Waals surface area (Å²) in [7, 11) is -4.02. The lowest BCUT2D eigenvalue weighted by Gasteiger charge is -2.35. The van der Waals surface area contributed by atoms with Crippen molar-refractivity contribution in [1.82, 2.24) is 19.2 Å². The number of hydrogen-bond acceptors (Lipinski definition) is 9. The fourth-order valence-electron chi connectivity index (χ4n) is 6.64. The Kier molecular flexibility index (Phi) is 9.70. The van der Waals surface area contributed by atoms with Crippen molar-refractivity contribution in [3.63, 3.8) is 0 Å². The van der Waals surface area contributed by atoms with E-state index in [1.807, 2.05) is 23.1 Å². The van der Waals surface area contributed by atoms with Gasteiger partial charge < -0.3 is 14.4 Å². The number of benzene rings is 3. The highest BCUT2D eigenvalue weighted by atomic mass is 32.2. The summed E-state index contributed by atoms with van der Waals surface area (Å²) in [4.78, 5) is 27.3. The summed E-state index contributed by atoms with van der Waals surface area (Å²) in [6.45, 7) is 3.69. The molecule has 0 bridgehead atoms. The zero-order valence-corrected chi connectivity index (χ0v) is 28.3. The van der Waals surface area contributed by atoms with Crippen LogP contribution in [-0.2, 0) is 34.0 Å². The number of ketones is 1. The minimum atomic E-state index is -4.49. The van der Waals surface area contributed by atoms with Crippen molar-refractivity contribution in [2.45, 2.75) is 49.3 Å². The van der Waals surface area contributed by atoms with Crippen LogP contribution in [0.25, 0.3) is 11.3 Å². The Bertz CT molecular complexity index is 2000. The molecule has 268 valence electrons. The molecule has 3 aromatic carbocycles. The molecule has 1 aromatic heterocycles. The first kappa shape index (κ1) is 34.8. The fourth-order valence-corrected chi connectivity index (χ4v) is 8.32. The maximum Gasteiger partial charge on any atom is 0.416 e. The Morgan fingerprint density at radius 2 is 1.59 bits per heavy atom. The van der Waals surface area contributed by atoms with Gasteiger partial charge in [0, 0.05) is 56.9 Å². The number of hydrogen-bond donors (Lipinski definition) is 0. The van der Waals surface area contributed by atoms with Crippen molar-refractivity contribution >= 4 is 21.8 Å². The summed E-state index contributed by atoms with van der Waals surface area (Å²) < 4.78 is 92.2. The molecule has 4 aromatic rings. The van der Waals surface area contributed by atoms with Crippen molar-refractivity contribution in [3.05, 3.63) is 95.4 Å². The molecule has 2 saturated heterocycles. The molecular formula is C36H35F4N5O5S. The van der Waals surface area contributed by atoms with Crippen molar-refractivity contribution < 1.29 is 40.2 Å². The van der Waals surface area contributed by atoms with Crippen LogP contribution in [0.4, 0.5) is 23.5 Å². The topological polar surface area (TPSA) is 105 Å². The van der Waals surface area contributed by atoms with Crippen molar-refractivity contribution in [2.75, 3.05) is 44.4 Å². The lowest BCUT2D eigenvalue weighted by molar-refractivity contribution is -0.137. The molecule has 0 radical (unpaired) electrons. The van der Waals surface area contributed by atoms with Gasteiger partial charge in [-0.1, -0.05) is 18.2 Å². The number of alkyl halides is 3. The van der Waals surface area contributed by atoms with Gasteiger partial charge in [-0.2, -0.15) is 17.5 Å². The second kappa shape index (κ2) is 14.2. The van der Waals surface area contributed by atoms with E-state index in [9.17, 15) is 30.8 Å². The monoisotopic (exact) mass is 725 g/mol. The lowest BCUT2D eigenvalue weighted by Crippen LogP contribution is -2.46. The Hall–Kier alpha value is -4.60. The van der Waals surface area contributed by atoms with Gasteiger partial charge in [0.25, 0.3) is 0 Å². The average molecular weight is 726 g/mol. The third-order valence-corrected chi connectivity index (χ3v) is 11.3. The second-order valence-corrected chi connectivity index (χ2v) is 14.7. The van der Waals surface area contributed by atoms with E-state index in [2.05, 4.69) is 4.90 Å². The highest BCUT2D eigenvalue weighted by Gasteiger charge is 2.39. The van der Waals surface area contributed by atoms with Crippen LogP contribution in [0.1, 0.15) is 36.1 Å². The first-order chi connectivity index (χ1) is 24.4. The van der Waals surface area contributed by atoms with Gasteiger partial charge in [0.05, 0.1) is 22.2 Å². The first-order valence-electron chi connectivity index (χ1n) is 16.7. The molecule has 0 spiro atoms. The van der Waals surface area contributed by atoms with Crippen LogP contribution in [0, 0.1) is 5.82 Å². The largest absolute Gasteiger partial charge is 0.454 e. The number of halogens is 4. The smallest absolute Gasteiger partial charge is 0.416 e. The molecule has 1 atom stereocenters. The number of piperazine rings is 1. The minimum Gasteiger partial charge on any atom is -0.454 e. The molecule has 15 heteroatoms. The van der Waals surface area contributed by atoms with E-state index < -0.39 is 33.6 Å². The molecule has 4 heterocycles. The lowest BCUT2D eigenvalue weighted by atomic mass is 10.0. The molecule has 51 heavy (non-hydrogen) atoms. The average Bonchev–Trinajstić information content (AvgIpc) is 3.82. The third kappa shape index (κ3) is 7.70. The van der Waals surface area contributed by atoms with Gasteiger partial charge in [-0.05, 0) is 79.4 Å². The Balaban J connectivity index is 1.08. The molecule has 0 aliphatic carbocycles. The summed E-state index contributed by atoms with van der Waals surface area (Å²) in [6, 6.07) is 15.9. The molecule has 0 N–H and O–H groups in total. The van der Waals surface area contributed by atoms with E-state index in [1.54, 1.807) is 6.07 Å². The number of aryl methyl sites for hydroxylation is 1. The number of ether oxygens (including phenoxy) is 2. The quantitative estimate of drug-likeness (QED) is 0.190. The zero-order chi connectivity index (χ0) is 35.8. The van der Waals surface area contributed by atoms with Crippen molar-refractivity contribution in [3.8, 4) is 22.8 Å². The molecule has 10 nitrogen and oxygen atoms in total. The number of sulfonamides is 1. The van der Waals surface area contributed by atoms with E-state index in [0.29, 0.717) is 68.5 Å². The molecule has 7 rings (SSSR count). The maximum absolute atomic E-state index is 13.5. The number of fused-ring (bicyclic) bond motifs is 1. The summed E-state index contributed by atoms with van der Waals surface area (Å²) in [5.74, 6) is 1.01. The summed E-state index contributed by atoms with van der Waals surface area (Å²) in [6.07, 6.45) is -3.45. The van der Waals surface area contributed by atoms with Gasteiger partial charge >= 0.3 is 6.18 Å². The normalized spacial score (nSPS) is 18.4. The standard InChI is InChI=1S/C36H35F4N5O5S/c37-27-8-11-29(12-9-27)51(47,48)45-15-1-2-31(45)32(46)13-10-28-21-30(25-4-6-26(7-5-25)36(38,39)40)42-35(41-28)44-18-16-43(17-19-44)22-24-3-14-33-34(20-24)50-23-49-33/h3-9,11-12,14,20-21,31H,1-2,10,13,15-19,22-23H2/t31-/m0/s1. The first-order valence-corrected chi connectivity index (χ1v) is 18.1. The van der Waals surface area contributed by atoms with Gasteiger partial charge in [-0.25, -0.2) is 22.8 Å². The van der Waals surface area contributed by atoms with E-state index in [-0.39, 0.29) is 36.9 Å². The zero-order valence-electron chi connectivity index (χ0n) is 27.5. The van der Waals surface area contributed by atoms with Crippen LogP contribution in [0.3, 0.4) is 0 Å². The van der Waals surface area contributed by atoms with E-state index in [1.165, 1.54) is 28.6 Å². The highest BCUT2D eigenvalue weighted by Crippen LogP contribution is 2.34. The molecule has 3 aliphatic heterocycles. The summed E-state index contributed by atoms with van der Waals surface area (Å²) >= 11 is 0.